The first-order valence-electron chi connectivity index (χ1n) is 8.76. The standard InChI is InChI=1S/C19H15F2N5O2S/c20-11-8-10-15(9-12(11)21)24-19(26-17(10)28)29-7-3-6-16(27)25-18-22-13-4-1-2-5-14(13)23-18/h1-2,4-5,8-9H,3,6-7H2,(H,24,26,28)(H2,22,23,25,27). The van der Waals surface area contributed by atoms with E-state index in [4.69, 9.17) is 0 Å². The molecule has 0 atom stereocenters. The van der Waals surface area contributed by atoms with E-state index in [1.54, 1.807) is 0 Å². The van der Waals surface area contributed by atoms with Gasteiger partial charge in [-0.1, -0.05) is 23.9 Å². The van der Waals surface area contributed by atoms with Gasteiger partial charge in [-0.3, -0.25) is 14.9 Å². The molecule has 148 valence electrons. The molecule has 2 aromatic carbocycles. The highest BCUT2D eigenvalue weighted by Crippen LogP contribution is 2.19. The quantitative estimate of drug-likeness (QED) is 0.254. The lowest BCUT2D eigenvalue weighted by atomic mass is 10.2. The maximum atomic E-state index is 13.4. The second kappa shape index (κ2) is 8.00. The predicted octanol–water partition coefficient (Wildman–Crippen LogP) is 3.59. The molecular weight excluding hydrogens is 400 g/mol. The van der Waals surface area contributed by atoms with Crippen LogP contribution in [0.3, 0.4) is 0 Å². The summed E-state index contributed by atoms with van der Waals surface area (Å²) in [6.45, 7) is 0. The molecule has 0 saturated carbocycles. The Labute approximate surface area is 167 Å². The largest absolute Gasteiger partial charge is 0.324 e. The van der Waals surface area contributed by atoms with Gasteiger partial charge in [-0.15, -0.1) is 0 Å². The van der Waals surface area contributed by atoms with Crippen LogP contribution in [0.4, 0.5) is 14.7 Å². The maximum absolute atomic E-state index is 13.4. The molecule has 10 heteroatoms. The van der Waals surface area contributed by atoms with Gasteiger partial charge in [0.1, 0.15) is 0 Å². The molecule has 4 rings (SSSR count). The second-order valence-corrected chi connectivity index (χ2v) is 7.34. The van der Waals surface area contributed by atoms with Crippen molar-refractivity contribution in [3.8, 4) is 0 Å². The van der Waals surface area contributed by atoms with Gasteiger partial charge in [0.05, 0.1) is 21.9 Å². The van der Waals surface area contributed by atoms with Gasteiger partial charge in [0.2, 0.25) is 11.9 Å². The van der Waals surface area contributed by atoms with Crippen LogP contribution in [-0.2, 0) is 4.79 Å². The minimum Gasteiger partial charge on any atom is -0.324 e. The van der Waals surface area contributed by atoms with Gasteiger partial charge in [-0.05, 0) is 24.6 Å². The third kappa shape index (κ3) is 4.27. The number of para-hydroxylation sites is 2. The molecule has 4 aromatic rings. The molecule has 2 heterocycles. The summed E-state index contributed by atoms with van der Waals surface area (Å²) in [6, 6.07) is 9.17. The Bertz CT molecular complexity index is 1240. The number of nitrogens with one attached hydrogen (secondary N) is 3. The van der Waals surface area contributed by atoms with Crippen molar-refractivity contribution in [2.45, 2.75) is 18.0 Å². The van der Waals surface area contributed by atoms with Crippen molar-refractivity contribution < 1.29 is 13.6 Å². The number of halogens is 2. The number of H-pyrrole nitrogens is 2. The fourth-order valence-electron chi connectivity index (χ4n) is 2.79. The molecule has 3 N–H and O–H groups in total. The number of aromatic amines is 2. The Balaban J connectivity index is 1.32. The number of amides is 1. The summed E-state index contributed by atoms with van der Waals surface area (Å²) in [5.74, 6) is -1.46. The molecule has 2 aromatic heterocycles. The highest BCUT2D eigenvalue weighted by atomic mass is 32.2. The van der Waals surface area contributed by atoms with Crippen LogP contribution in [0.1, 0.15) is 12.8 Å². The van der Waals surface area contributed by atoms with Gasteiger partial charge in [-0.2, -0.15) is 0 Å². The van der Waals surface area contributed by atoms with Crippen molar-refractivity contribution >= 4 is 45.6 Å². The third-order valence-electron chi connectivity index (χ3n) is 4.16. The molecule has 0 spiro atoms. The zero-order chi connectivity index (χ0) is 20.4. The van der Waals surface area contributed by atoms with E-state index >= 15 is 0 Å². The van der Waals surface area contributed by atoms with Crippen LogP contribution in [0, 0.1) is 11.6 Å². The number of rotatable bonds is 6. The maximum Gasteiger partial charge on any atom is 0.259 e. The fourth-order valence-corrected chi connectivity index (χ4v) is 3.60. The van der Waals surface area contributed by atoms with Crippen LogP contribution in [0.15, 0.2) is 46.3 Å². The van der Waals surface area contributed by atoms with Crippen molar-refractivity contribution in [1.29, 1.82) is 0 Å². The minimum atomic E-state index is -1.10. The number of hydrogen-bond acceptors (Lipinski definition) is 5. The summed E-state index contributed by atoms with van der Waals surface area (Å²) in [6.07, 6.45) is 0.776. The molecule has 7 nitrogen and oxygen atoms in total. The van der Waals surface area contributed by atoms with Crippen LogP contribution in [0.25, 0.3) is 21.9 Å². The van der Waals surface area contributed by atoms with E-state index in [1.807, 2.05) is 24.3 Å². The molecule has 0 bridgehead atoms. The van der Waals surface area contributed by atoms with Crippen LogP contribution in [-0.4, -0.2) is 31.6 Å². The van der Waals surface area contributed by atoms with E-state index in [1.165, 1.54) is 11.8 Å². The van der Waals surface area contributed by atoms with Crippen LogP contribution < -0.4 is 10.9 Å². The summed E-state index contributed by atoms with van der Waals surface area (Å²) in [5, 5.41) is 2.98. The topological polar surface area (TPSA) is 104 Å². The second-order valence-electron chi connectivity index (χ2n) is 6.26. The summed E-state index contributed by atoms with van der Waals surface area (Å²) < 4.78 is 26.6. The monoisotopic (exact) mass is 415 g/mol. The Morgan fingerprint density at radius 3 is 2.69 bits per heavy atom. The number of aromatic nitrogens is 4. The lowest BCUT2D eigenvalue weighted by molar-refractivity contribution is -0.116. The van der Waals surface area contributed by atoms with E-state index in [2.05, 4.69) is 25.3 Å². The smallest absolute Gasteiger partial charge is 0.259 e. The highest BCUT2D eigenvalue weighted by Gasteiger charge is 2.11. The summed E-state index contributed by atoms with van der Waals surface area (Å²) in [7, 11) is 0. The first-order chi connectivity index (χ1) is 14.0. The van der Waals surface area contributed by atoms with Crippen molar-refractivity contribution in [2.24, 2.45) is 0 Å². The number of fused-ring (bicyclic) bond motifs is 2. The number of anilines is 1. The minimum absolute atomic E-state index is 0.0153. The molecule has 0 aliphatic carbocycles. The molecule has 0 unspecified atom stereocenters. The Morgan fingerprint density at radius 1 is 1.07 bits per heavy atom. The molecule has 0 aliphatic rings. The number of thioether (sulfide) groups is 1. The van der Waals surface area contributed by atoms with Gasteiger partial charge >= 0.3 is 0 Å². The first-order valence-corrected chi connectivity index (χ1v) is 9.74. The van der Waals surface area contributed by atoms with Crippen molar-refractivity contribution in [1.82, 2.24) is 19.9 Å². The zero-order valence-corrected chi connectivity index (χ0v) is 15.8. The molecule has 1 amide bonds. The third-order valence-corrected chi connectivity index (χ3v) is 5.12. The fraction of sp³-hybridized carbons (Fsp3) is 0.158. The number of carbonyl (C=O) groups excluding carboxylic acids is 1. The van der Waals surface area contributed by atoms with Gasteiger partial charge in [0, 0.05) is 18.2 Å². The van der Waals surface area contributed by atoms with E-state index in [0.717, 1.165) is 23.2 Å². The first kappa shape index (κ1) is 19.1. The lowest BCUT2D eigenvalue weighted by Crippen LogP contribution is -2.13. The van der Waals surface area contributed by atoms with Gasteiger partial charge < -0.3 is 9.97 Å². The Morgan fingerprint density at radius 2 is 1.86 bits per heavy atom. The number of hydrogen-bond donors (Lipinski definition) is 3. The number of nitrogens with zero attached hydrogens (tertiary/aromatic N) is 2. The molecule has 0 radical (unpaired) electrons. The van der Waals surface area contributed by atoms with Gasteiger partial charge in [0.25, 0.3) is 5.56 Å². The van der Waals surface area contributed by atoms with E-state index in [-0.39, 0.29) is 28.4 Å². The molecule has 29 heavy (non-hydrogen) atoms. The summed E-state index contributed by atoms with van der Waals surface area (Å²) in [5.41, 5.74) is 1.14. The average Bonchev–Trinajstić information content (AvgIpc) is 3.09. The highest BCUT2D eigenvalue weighted by molar-refractivity contribution is 7.99. The molecule has 0 saturated heterocycles. The van der Waals surface area contributed by atoms with Crippen LogP contribution in [0.2, 0.25) is 0 Å². The Kier molecular flexibility index (Phi) is 5.26. The van der Waals surface area contributed by atoms with E-state index in [0.29, 0.717) is 18.1 Å². The van der Waals surface area contributed by atoms with E-state index in [9.17, 15) is 18.4 Å². The number of imidazole rings is 1. The van der Waals surface area contributed by atoms with Crippen LogP contribution in [0.5, 0.6) is 0 Å². The lowest BCUT2D eigenvalue weighted by Gasteiger charge is -2.04. The van der Waals surface area contributed by atoms with E-state index < -0.39 is 17.2 Å². The van der Waals surface area contributed by atoms with Gasteiger partial charge in [-0.25, -0.2) is 18.7 Å². The average molecular weight is 415 g/mol. The zero-order valence-electron chi connectivity index (χ0n) is 15.0. The molecular formula is C19H15F2N5O2S. The Hall–Kier alpha value is -3.27. The van der Waals surface area contributed by atoms with Gasteiger partial charge in [0.15, 0.2) is 16.8 Å². The van der Waals surface area contributed by atoms with Crippen LogP contribution >= 0.6 is 11.8 Å². The predicted molar refractivity (Wildman–Crippen MR) is 107 cm³/mol. The summed E-state index contributed by atoms with van der Waals surface area (Å²) in [4.78, 5) is 38.0. The van der Waals surface area contributed by atoms with Crippen molar-refractivity contribution in [3.05, 3.63) is 58.4 Å². The SMILES string of the molecule is O=C(CCCSc1nc2cc(F)c(F)cc2c(=O)[nH]1)Nc1nc2ccccc2[nH]1. The van der Waals surface area contributed by atoms with Crippen molar-refractivity contribution in [3.63, 3.8) is 0 Å². The number of carbonyl (C=O) groups is 1. The molecule has 0 aliphatic heterocycles. The molecule has 0 fully saturated rings. The normalized spacial score (nSPS) is 11.2. The summed E-state index contributed by atoms with van der Waals surface area (Å²) >= 11 is 1.23. The van der Waals surface area contributed by atoms with Crippen molar-refractivity contribution in [2.75, 3.05) is 11.1 Å². The number of benzene rings is 2.